The highest BCUT2D eigenvalue weighted by Crippen LogP contribution is 2.21. The van der Waals surface area contributed by atoms with E-state index in [1.165, 1.54) is 25.7 Å². The fraction of sp³-hybridized carbons (Fsp3) is 0.647. The maximum absolute atomic E-state index is 10.5. The van der Waals surface area contributed by atoms with Crippen molar-refractivity contribution in [2.45, 2.75) is 58.6 Å². The Labute approximate surface area is 118 Å². The molecule has 0 spiro atoms. The second-order valence-electron chi connectivity index (χ2n) is 5.34. The number of unbranched alkanes of at least 4 members (excludes halogenated alkanes) is 2. The molecule has 0 aliphatic carbocycles. The van der Waals surface area contributed by atoms with Crippen molar-refractivity contribution in [1.82, 2.24) is 4.90 Å². The lowest BCUT2D eigenvalue weighted by atomic mass is 10.0. The first kappa shape index (κ1) is 16.2. The van der Waals surface area contributed by atoms with Crippen LogP contribution in [0, 0.1) is 0 Å². The van der Waals surface area contributed by atoms with Crippen LogP contribution in [0.1, 0.15) is 58.1 Å². The van der Waals surface area contributed by atoms with Crippen LogP contribution in [-0.2, 0) is 0 Å². The molecule has 0 aliphatic heterocycles. The molecule has 0 saturated carbocycles. The summed E-state index contributed by atoms with van der Waals surface area (Å²) in [5.74, 6) is 0. The van der Waals surface area contributed by atoms with Gasteiger partial charge in [-0.2, -0.15) is 0 Å². The Morgan fingerprint density at radius 1 is 1.00 bits per heavy atom. The van der Waals surface area contributed by atoms with Crippen LogP contribution in [0.5, 0.6) is 0 Å². The second kappa shape index (κ2) is 9.11. The molecule has 0 fully saturated rings. The fourth-order valence-corrected chi connectivity index (χ4v) is 2.37. The monoisotopic (exact) mass is 263 g/mol. The molecule has 0 aromatic heterocycles. The molecule has 19 heavy (non-hydrogen) atoms. The maximum Gasteiger partial charge on any atom is 0.0942 e. The third-order valence-corrected chi connectivity index (χ3v) is 3.77. The lowest BCUT2D eigenvalue weighted by Gasteiger charge is -2.32. The topological polar surface area (TPSA) is 23.5 Å². The third-order valence-electron chi connectivity index (χ3n) is 3.77. The van der Waals surface area contributed by atoms with Crippen molar-refractivity contribution in [3.8, 4) is 0 Å². The average Bonchev–Trinajstić information content (AvgIpc) is 2.47. The van der Waals surface area contributed by atoms with Crippen LogP contribution < -0.4 is 0 Å². The van der Waals surface area contributed by atoms with E-state index < -0.39 is 6.10 Å². The van der Waals surface area contributed by atoms with E-state index in [0.717, 1.165) is 18.7 Å². The van der Waals surface area contributed by atoms with E-state index in [9.17, 15) is 5.11 Å². The van der Waals surface area contributed by atoms with Crippen LogP contribution >= 0.6 is 0 Å². The summed E-state index contributed by atoms with van der Waals surface area (Å²) < 4.78 is 0. The largest absolute Gasteiger partial charge is 0.387 e. The molecule has 1 aromatic carbocycles. The first-order valence-electron chi connectivity index (χ1n) is 7.67. The van der Waals surface area contributed by atoms with E-state index in [-0.39, 0.29) is 6.04 Å². The van der Waals surface area contributed by atoms with Gasteiger partial charge in [0.1, 0.15) is 0 Å². The van der Waals surface area contributed by atoms with E-state index in [1.807, 2.05) is 30.3 Å². The molecular weight excluding hydrogens is 234 g/mol. The number of aliphatic hydroxyl groups is 1. The van der Waals surface area contributed by atoms with Gasteiger partial charge in [0, 0.05) is 6.04 Å². The highest BCUT2D eigenvalue weighted by atomic mass is 16.3. The lowest BCUT2D eigenvalue weighted by molar-refractivity contribution is 0.0560. The summed E-state index contributed by atoms with van der Waals surface area (Å²) in [6.45, 7) is 8.75. The summed E-state index contributed by atoms with van der Waals surface area (Å²) in [6, 6.07) is 10.2. The van der Waals surface area contributed by atoms with Gasteiger partial charge < -0.3 is 5.11 Å². The number of nitrogens with zero attached hydrogens (tertiary/aromatic N) is 1. The summed E-state index contributed by atoms with van der Waals surface area (Å²) in [7, 11) is 0. The standard InChI is InChI=1S/C17H29NO/c1-4-6-13-18(14-7-5-2)15(3)17(19)16-11-9-8-10-12-16/h8-12,15,17,19H,4-7,13-14H2,1-3H3/t15?,17-/m1/s1. The minimum absolute atomic E-state index is 0.181. The predicted octanol–water partition coefficient (Wildman–Crippen LogP) is 4.01. The van der Waals surface area contributed by atoms with Crippen molar-refractivity contribution < 1.29 is 5.11 Å². The number of aliphatic hydroxyl groups excluding tert-OH is 1. The lowest BCUT2D eigenvalue weighted by Crippen LogP contribution is -2.39. The van der Waals surface area contributed by atoms with Crippen LogP contribution in [0.25, 0.3) is 0 Å². The highest BCUT2D eigenvalue weighted by molar-refractivity contribution is 5.18. The molecule has 0 radical (unpaired) electrons. The molecule has 1 aromatic rings. The molecule has 1 N–H and O–H groups in total. The van der Waals surface area contributed by atoms with Crippen molar-refractivity contribution in [2.75, 3.05) is 13.1 Å². The Kier molecular flexibility index (Phi) is 7.76. The third kappa shape index (κ3) is 5.33. The first-order chi connectivity index (χ1) is 9.20. The quantitative estimate of drug-likeness (QED) is 0.727. The Morgan fingerprint density at radius 3 is 2.00 bits per heavy atom. The van der Waals surface area contributed by atoms with Gasteiger partial charge in [0.2, 0.25) is 0 Å². The zero-order valence-electron chi connectivity index (χ0n) is 12.7. The molecule has 1 unspecified atom stereocenters. The van der Waals surface area contributed by atoms with Gasteiger partial charge in [-0.15, -0.1) is 0 Å². The summed E-state index contributed by atoms with van der Waals surface area (Å²) >= 11 is 0. The predicted molar refractivity (Wildman–Crippen MR) is 82.3 cm³/mol. The van der Waals surface area contributed by atoms with Crippen LogP contribution in [0.4, 0.5) is 0 Å². The van der Waals surface area contributed by atoms with Gasteiger partial charge >= 0.3 is 0 Å². The SMILES string of the molecule is CCCCN(CCCC)C(C)[C@@H](O)c1ccccc1. The van der Waals surface area contributed by atoms with E-state index in [0.29, 0.717) is 0 Å². The zero-order chi connectivity index (χ0) is 14.1. The number of hydrogen-bond acceptors (Lipinski definition) is 2. The molecule has 0 amide bonds. The molecule has 0 bridgehead atoms. The maximum atomic E-state index is 10.5. The molecule has 108 valence electrons. The van der Waals surface area contributed by atoms with Crippen molar-refractivity contribution in [3.63, 3.8) is 0 Å². The van der Waals surface area contributed by atoms with E-state index in [4.69, 9.17) is 0 Å². The molecule has 0 saturated heterocycles. The minimum atomic E-state index is -0.394. The summed E-state index contributed by atoms with van der Waals surface area (Å²) in [6.07, 6.45) is 4.42. The molecule has 2 nitrogen and oxygen atoms in total. The van der Waals surface area contributed by atoms with Gasteiger partial charge in [-0.3, -0.25) is 4.90 Å². The normalized spacial score (nSPS) is 14.6. The summed E-state index contributed by atoms with van der Waals surface area (Å²) in [4.78, 5) is 2.44. The van der Waals surface area contributed by atoms with E-state index in [2.05, 4.69) is 25.7 Å². The molecule has 2 atom stereocenters. The minimum Gasteiger partial charge on any atom is -0.387 e. The number of hydrogen-bond donors (Lipinski definition) is 1. The van der Waals surface area contributed by atoms with Gasteiger partial charge in [0.15, 0.2) is 0 Å². The van der Waals surface area contributed by atoms with Crippen LogP contribution in [0.15, 0.2) is 30.3 Å². The van der Waals surface area contributed by atoms with Crippen LogP contribution in [0.2, 0.25) is 0 Å². The second-order valence-corrected chi connectivity index (χ2v) is 5.34. The van der Waals surface area contributed by atoms with Crippen LogP contribution in [0.3, 0.4) is 0 Å². The Balaban J connectivity index is 2.65. The Bertz CT molecular complexity index is 317. The van der Waals surface area contributed by atoms with Crippen LogP contribution in [-0.4, -0.2) is 29.1 Å². The Hall–Kier alpha value is -0.860. The number of benzene rings is 1. The van der Waals surface area contributed by atoms with Crippen molar-refractivity contribution >= 4 is 0 Å². The molecular formula is C17H29NO. The highest BCUT2D eigenvalue weighted by Gasteiger charge is 2.22. The summed E-state index contributed by atoms with van der Waals surface area (Å²) in [5, 5.41) is 10.5. The average molecular weight is 263 g/mol. The molecule has 2 heteroatoms. The molecule has 0 aliphatic rings. The van der Waals surface area contributed by atoms with Gasteiger partial charge in [-0.1, -0.05) is 57.0 Å². The number of rotatable bonds is 9. The van der Waals surface area contributed by atoms with Crippen molar-refractivity contribution in [3.05, 3.63) is 35.9 Å². The summed E-state index contributed by atoms with van der Waals surface area (Å²) in [5.41, 5.74) is 1.02. The smallest absolute Gasteiger partial charge is 0.0942 e. The van der Waals surface area contributed by atoms with E-state index in [1.54, 1.807) is 0 Å². The van der Waals surface area contributed by atoms with Crippen molar-refractivity contribution in [2.24, 2.45) is 0 Å². The van der Waals surface area contributed by atoms with Gasteiger partial charge in [-0.05, 0) is 38.4 Å². The molecule has 1 rings (SSSR count). The van der Waals surface area contributed by atoms with Crippen molar-refractivity contribution in [1.29, 1.82) is 0 Å². The first-order valence-corrected chi connectivity index (χ1v) is 7.67. The van der Waals surface area contributed by atoms with Gasteiger partial charge in [0.05, 0.1) is 6.10 Å². The fourth-order valence-electron chi connectivity index (χ4n) is 2.37. The molecule has 0 heterocycles. The Morgan fingerprint density at radius 2 is 1.53 bits per heavy atom. The van der Waals surface area contributed by atoms with Gasteiger partial charge in [-0.25, -0.2) is 0 Å². The van der Waals surface area contributed by atoms with E-state index >= 15 is 0 Å². The zero-order valence-corrected chi connectivity index (χ0v) is 12.7. The van der Waals surface area contributed by atoms with Gasteiger partial charge in [0.25, 0.3) is 0 Å².